The fraction of sp³-hybridized carbons (Fsp3) is 0.318. The van der Waals surface area contributed by atoms with Gasteiger partial charge in [-0.3, -0.25) is 4.79 Å². The molecule has 0 fully saturated rings. The summed E-state index contributed by atoms with van der Waals surface area (Å²) in [5.41, 5.74) is 1.09. The molecule has 4 rings (SSSR count). The van der Waals surface area contributed by atoms with Gasteiger partial charge in [0.15, 0.2) is 22.8 Å². The van der Waals surface area contributed by atoms with Crippen LogP contribution in [0.15, 0.2) is 40.8 Å². The maximum atomic E-state index is 12.8. The molecule has 7 heteroatoms. The SMILES string of the molecule is CCOc1cccc2cc(C(C)NC(=O)c3cc(OC)c4c(c3)OCCO4)oc12. The topological polar surface area (TPSA) is 79.2 Å². The number of nitrogens with one attached hydrogen (secondary N) is 1. The number of benzene rings is 2. The second kappa shape index (κ2) is 7.95. The van der Waals surface area contributed by atoms with Gasteiger partial charge in [0.05, 0.1) is 19.8 Å². The highest BCUT2D eigenvalue weighted by Crippen LogP contribution is 2.40. The van der Waals surface area contributed by atoms with Crippen molar-refractivity contribution in [3.63, 3.8) is 0 Å². The Hall–Kier alpha value is -3.35. The van der Waals surface area contributed by atoms with E-state index in [0.717, 1.165) is 5.39 Å². The molecule has 3 aromatic rings. The minimum Gasteiger partial charge on any atom is -0.493 e. The average molecular weight is 397 g/mol. The van der Waals surface area contributed by atoms with Gasteiger partial charge in [-0.1, -0.05) is 12.1 Å². The third-order valence-electron chi connectivity index (χ3n) is 4.69. The standard InChI is InChI=1S/C22H23NO6/c1-4-26-16-7-5-6-14-10-17(29-20(14)16)13(2)23-22(24)15-11-18(25-3)21-19(12-15)27-8-9-28-21/h5-7,10-13H,4,8-9H2,1-3H3,(H,23,24). The number of hydrogen-bond donors (Lipinski definition) is 1. The summed E-state index contributed by atoms with van der Waals surface area (Å²) in [6, 6.07) is 10.6. The zero-order valence-corrected chi connectivity index (χ0v) is 16.6. The summed E-state index contributed by atoms with van der Waals surface area (Å²) in [5, 5.41) is 3.88. The lowest BCUT2D eigenvalue weighted by molar-refractivity contribution is 0.0933. The number of ether oxygens (including phenoxy) is 4. The smallest absolute Gasteiger partial charge is 0.252 e. The summed E-state index contributed by atoms with van der Waals surface area (Å²) in [5.74, 6) is 2.54. The van der Waals surface area contributed by atoms with E-state index < -0.39 is 0 Å². The largest absolute Gasteiger partial charge is 0.493 e. The van der Waals surface area contributed by atoms with Gasteiger partial charge in [-0.15, -0.1) is 0 Å². The van der Waals surface area contributed by atoms with Crippen LogP contribution in [0.25, 0.3) is 11.0 Å². The van der Waals surface area contributed by atoms with Crippen LogP contribution in [0.5, 0.6) is 23.0 Å². The first-order chi connectivity index (χ1) is 14.1. The van der Waals surface area contributed by atoms with Crippen LogP contribution < -0.4 is 24.3 Å². The van der Waals surface area contributed by atoms with Crippen LogP contribution >= 0.6 is 0 Å². The van der Waals surface area contributed by atoms with Crippen molar-refractivity contribution in [3.8, 4) is 23.0 Å². The highest BCUT2D eigenvalue weighted by atomic mass is 16.6. The van der Waals surface area contributed by atoms with Gasteiger partial charge >= 0.3 is 0 Å². The maximum absolute atomic E-state index is 12.8. The summed E-state index contributed by atoms with van der Waals surface area (Å²) < 4.78 is 28.1. The Morgan fingerprint density at radius 3 is 2.79 bits per heavy atom. The number of para-hydroxylation sites is 1. The normalized spacial score (nSPS) is 13.8. The van der Waals surface area contributed by atoms with Gasteiger partial charge in [-0.2, -0.15) is 0 Å². The molecule has 1 unspecified atom stereocenters. The predicted octanol–water partition coefficient (Wildman–Crippen LogP) is 4.10. The Bertz CT molecular complexity index is 1020. The molecule has 29 heavy (non-hydrogen) atoms. The number of carbonyl (C=O) groups excluding carboxylic acids is 1. The van der Waals surface area contributed by atoms with Gasteiger partial charge in [0.2, 0.25) is 5.75 Å². The number of rotatable bonds is 6. The zero-order chi connectivity index (χ0) is 20.4. The van der Waals surface area contributed by atoms with Crippen LogP contribution in [0.2, 0.25) is 0 Å². The number of furan rings is 1. The third kappa shape index (κ3) is 3.68. The fourth-order valence-electron chi connectivity index (χ4n) is 3.29. The first-order valence-corrected chi connectivity index (χ1v) is 9.54. The van der Waals surface area contributed by atoms with Gasteiger partial charge in [0.25, 0.3) is 5.91 Å². The van der Waals surface area contributed by atoms with Gasteiger partial charge in [0.1, 0.15) is 19.0 Å². The summed E-state index contributed by atoms with van der Waals surface area (Å²) >= 11 is 0. The number of amides is 1. The third-order valence-corrected chi connectivity index (χ3v) is 4.69. The van der Waals surface area contributed by atoms with Crippen molar-refractivity contribution in [2.24, 2.45) is 0 Å². The van der Waals surface area contributed by atoms with Crippen molar-refractivity contribution in [1.82, 2.24) is 5.32 Å². The molecule has 1 amide bonds. The highest BCUT2D eigenvalue weighted by Gasteiger charge is 2.23. The molecule has 152 valence electrons. The Morgan fingerprint density at radius 1 is 1.17 bits per heavy atom. The van der Waals surface area contributed by atoms with Crippen LogP contribution in [0.4, 0.5) is 0 Å². The van der Waals surface area contributed by atoms with E-state index in [4.69, 9.17) is 23.4 Å². The van der Waals surface area contributed by atoms with E-state index in [-0.39, 0.29) is 11.9 Å². The van der Waals surface area contributed by atoms with Crippen molar-refractivity contribution < 1.29 is 28.2 Å². The van der Waals surface area contributed by atoms with Gasteiger partial charge in [-0.25, -0.2) is 0 Å². The van der Waals surface area contributed by atoms with E-state index >= 15 is 0 Å². The van der Waals surface area contributed by atoms with Crippen LogP contribution in [0.3, 0.4) is 0 Å². The maximum Gasteiger partial charge on any atom is 0.252 e. The van der Waals surface area contributed by atoms with Crippen molar-refractivity contribution in [1.29, 1.82) is 0 Å². The molecule has 1 aliphatic heterocycles. The molecule has 0 aliphatic carbocycles. The van der Waals surface area contributed by atoms with Crippen molar-refractivity contribution in [3.05, 3.63) is 47.7 Å². The molecule has 1 aromatic heterocycles. The lowest BCUT2D eigenvalue weighted by atomic mass is 10.1. The zero-order valence-electron chi connectivity index (χ0n) is 16.6. The van der Waals surface area contributed by atoms with E-state index in [0.29, 0.717) is 59.7 Å². The number of hydrogen-bond acceptors (Lipinski definition) is 6. The fourth-order valence-corrected chi connectivity index (χ4v) is 3.29. The Labute approximate surface area is 168 Å². The van der Waals surface area contributed by atoms with Gasteiger partial charge in [0, 0.05) is 10.9 Å². The summed E-state index contributed by atoms with van der Waals surface area (Å²) in [4.78, 5) is 12.8. The first kappa shape index (κ1) is 19.0. The number of fused-ring (bicyclic) bond motifs is 2. The lowest BCUT2D eigenvalue weighted by Gasteiger charge is -2.21. The molecule has 1 aliphatic rings. The second-order valence-corrected chi connectivity index (χ2v) is 6.65. The quantitative estimate of drug-likeness (QED) is 0.675. The average Bonchev–Trinajstić information content (AvgIpc) is 3.18. The van der Waals surface area contributed by atoms with E-state index in [9.17, 15) is 4.79 Å². The number of methoxy groups -OCH3 is 1. The Morgan fingerprint density at radius 2 is 2.00 bits per heavy atom. The van der Waals surface area contributed by atoms with E-state index in [1.807, 2.05) is 38.1 Å². The monoisotopic (exact) mass is 397 g/mol. The van der Waals surface area contributed by atoms with Crippen LogP contribution in [-0.4, -0.2) is 32.8 Å². The predicted molar refractivity (Wildman–Crippen MR) is 107 cm³/mol. The summed E-state index contributed by atoms with van der Waals surface area (Å²) in [6.07, 6.45) is 0. The molecule has 1 N–H and O–H groups in total. The van der Waals surface area contributed by atoms with Gasteiger partial charge in [-0.05, 0) is 38.1 Å². The van der Waals surface area contributed by atoms with Crippen LogP contribution in [0.1, 0.15) is 36.0 Å². The van der Waals surface area contributed by atoms with Crippen molar-refractivity contribution in [2.45, 2.75) is 19.9 Å². The van der Waals surface area contributed by atoms with Gasteiger partial charge < -0.3 is 28.7 Å². The molecule has 0 spiro atoms. The summed E-state index contributed by atoms with van der Waals surface area (Å²) in [6.45, 7) is 5.21. The summed E-state index contributed by atoms with van der Waals surface area (Å²) in [7, 11) is 1.53. The van der Waals surface area contributed by atoms with Crippen LogP contribution in [-0.2, 0) is 0 Å². The van der Waals surface area contributed by atoms with Crippen LogP contribution in [0, 0.1) is 0 Å². The van der Waals surface area contributed by atoms with Crippen molar-refractivity contribution >= 4 is 16.9 Å². The molecule has 2 heterocycles. The minimum absolute atomic E-state index is 0.265. The molecular formula is C22H23NO6. The first-order valence-electron chi connectivity index (χ1n) is 9.54. The molecule has 0 saturated carbocycles. The second-order valence-electron chi connectivity index (χ2n) is 6.65. The Kier molecular flexibility index (Phi) is 5.20. The molecule has 1 atom stereocenters. The number of carbonyl (C=O) groups is 1. The lowest BCUT2D eigenvalue weighted by Crippen LogP contribution is -2.26. The molecular weight excluding hydrogens is 374 g/mol. The van der Waals surface area contributed by atoms with E-state index in [1.54, 1.807) is 12.1 Å². The molecule has 2 aromatic carbocycles. The van der Waals surface area contributed by atoms with Crippen molar-refractivity contribution in [2.75, 3.05) is 26.9 Å². The molecule has 7 nitrogen and oxygen atoms in total. The van der Waals surface area contributed by atoms with E-state index in [2.05, 4.69) is 5.32 Å². The Balaban J connectivity index is 1.57. The molecule has 0 saturated heterocycles. The molecule has 0 radical (unpaired) electrons. The minimum atomic E-state index is -0.344. The highest BCUT2D eigenvalue weighted by molar-refractivity contribution is 5.96. The molecule has 0 bridgehead atoms. The van der Waals surface area contributed by atoms with E-state index in [1.165, 1.54) is 7.11 Å².